The van der Waals surface area contributed by atoms with Crippen molar-refractivity contribution in [2.45, 2.75) is 6.42 Å². The Morgan fingerprint density at radius 1 is 0.895 bits per heavy atom. The maximum absolute atomic E-state index is 5.58. The highest BCUT2D eigenvalue weighted by Gasteiger charge is 1.99. The third-order valence-corrected chi connectivity index (χ3v) is 2.87. The average Bonchev–Trinajstić information content (AvgIpc) is 2.48. The van der Waals surface area contributed by atoms with Gasteiger partial charge in [-0.1, -0.05) is 30.3 Å². The molecule has 0 heterocycles. The SMILES string of the molecule is C=CCCOc1ccc(-c2ccc(OC)cc2)cc1. The maximum atomic E-state index is 5.58. The summed E-state index contributed by atoms with van der Waals surface area (Å²) in [6.07, 6.45) is 2.71. The van der Waals surface area contributed by atoms with Crippen LogP contribution in [-0.2, 0) is 0 Å². The lowest BCUT2D eigenvalue weighted by Gasteiger charge is -2.07. The van der Waals surface area contributed by atoms with Crippen molar-refractivity contribution < 1.29 is 9.47 Å². The Balaban J connectivity index is 2.06. The molecule has 0 spiro atoms. The Hall–Kier alpha value is -2.22. The van der Waals surface area contributed by atoms with Crippen LogP contribution >= 0.6 is 0 Å². The molecule has 0 aliphatic heterocycles. The average molecular weight is 254 g/mol. The fraction of sp³-hybridized carbons (Fsp3) is 0.176. The van der Waals surface area contributed by atoms with Gasteiger partial charge in [-0.25, -0.2) is 0 Å². The molecule has 2 aromatic carbocycles. The molecule has 0 fully saturated rings. The minimum Gasteiger partial charge on any atom is -0.497 e. The van der Waals surface area contributed by atoms with Crippen molar-refractivity contribution in [1.82, 2.24) is 0 Å². The van der Waals surface area contributed by atoms with Gasteiger partial charge in [0.05, 0.1) is 13.7 Å². The van der Waals surface area contributed by atoms with Gasteiger partial charge >= 0.3 is 0 Å². The van der Waals surface area contributed by atoms with Crippen molar-refractivity contribution in [3.8, 4) is 22.6 Å². The summed E-state index contributed by atoms with van der Waals surface area (Å²) in [7, 11) is 1.67. The van der Waals surface area contributed by atoms with Gasteiger partial charge < -0.3 is 9.47 Å². The zero-order valence-corrected chi connectivity index (χ0v) is 11.1. The van der Waals surface area contributed by atoms with Crippen LogP contribution in [-0.4, -0.2) is 13.7 Å². The first kappa shape index (κ1) is 13.2. The van der Waals surface area contributed by atoms with E-state index in [0.717, 1.165) is 17.9 Å². The standard InChI is InChI=1S/C17H18O2/c1-3-4-13-19-17-11-7-15(8-12-17)14-5-9-16(18-2)10-6-14/h3,5-12H,1,4,13H2,2H3. The molecule has 0 atom stereocenters. The molecule has 19 heavy (non-hydrogen) atoms. The first-order valence-electron chi connectivity index (χ1n) is 6.31. The van der Waals surface area contributed by atoms with E-state index in [1.54, 1.807) is 7.11 Å². The number of rotatable bonds is 6. The van der Waals surface area contributed by atoms with Gasteiger partial charge in [-0.2, -0.15) is 0 Å². The molecule has 0 aliphatic carbocycles. The van der Waals surface area contributed by atoms with E-state index >= 15 is 0 Å². The van der Waals surface area contributed by atoms with Gasteiger partial charge in [-0.05, 0) is 41.8 Å². The van der Waals surface area contributed by atoms with Crippen LogP contribution in [0.15, 0.2) is 61.2 Å². The van der Waals surface area contributed by atoms with Crippen LogP contribution in [0, 0.1) is 0 Å². The van der Waals surface area contributed by atoms with Gasteiger partial charge in [-0.15, -0.1) is 6.58 Å². The topological polar surface area (TPSA) is 18.5 Å². The number of hydrogen-bond acceptors (Lipinski definition) is 2. The van der Waals surface area contributed by atoms with Crippen molar-refractivity contribution in [1.29, 1.82) is 0 Å². The second kappa shape index (κ2) is 6.64. The maximum Gasteiger partial charge on any atom is 0.119 e. The molecule has 0 N–H and O–H groups in total. The monoisotopic (exact) mass is 254 g/mol. The summed E-state index contributed by atoms with van der Waals surface area (Å²) < 4.78 is 10.7. The number of benzene rings is 2. The molecule has 98 valence electrons. The molecule has 2 heteroatoms. The molecule has 0 bridgehead atoms. The van der Waals surface area contributed by atoms with E-state index in [2.05, 4.69) is 18.7 Å². The van der Waals surface area contributed by atoms with Gasteiger partial charge in [0.1, 0.15) is 11.5 Å². The summed E-state index contributed by atoms with van der Waals surface area (Å²) in [5.41, 5.74) is 2.33. The lowest BCUT2D eigenvalue weighted by atomic mass is 10.1. The van der Waals surface area contributed by atoms with E-state index in [1.165, 1.54) is 11.1 Å². The Labute approximate surface area is 114 Å². The highest BCUT2D eigenvalue weighted by Crippen LogP contribution is 2.24. The summed E-state index contributed by atoms with van der Waals surface area (Å²) in [6.45, 7) is 4.34. The number of ether oxygens (including phenoxy) is 2. The third kappa shape index (κ3) is 3.62. The summed E-state index contributed by atoms with van der Waals surface area (Å²) in [5.74, 6) is 1.76. The molecule has 0 aliphatic rings. The van der Waals surface area contributed by atoms with Crippen LogP contribution < -0.4 is 9.47 Å². The fourth-order valence-electron chi connectivity index (χ4n) is 1.79. The van der Waals surface area contributed by atoms with Crippen LogP contribution in [0.2, 0.25) is 0 Å². The number of methoxy groups -OCH3 is 1. The van der Waals surface area contributed by atoms with Crippen LogP contribution in [0.4, 0.5) is 0 Å². The molecule has 0 amide bonds. The van der Waals surface area contributed by atoms with Gasteiger partial charge in [0.2, 0.25) is 0 Å². The van der Waals surface area contributed by atoms with Crippen molar-refractivity contribution in [3.05, 3.63) is 61.2 Å². The zero-order valence-electron chi connectivity index (χ0n) is 11.1. The molecule has 0 unspecified atom stereocenters. The van der Waals surface area contributed by atoms with Gasteiger partial charge in [-0.3, -0.25) is 0 Å². The normalized spacial score (nSPS) is 9.95. The summed E-state index contributed by atoms with van der Waals surface area (Å²) in [6, 6.07) is 16.1. The highest BCUT2D eigenvalue weighted by atomic mass is 16.5. The van der Waals surface area contributed by atoms with Crippen LogP contribution in [0.3, 0.4) is 0 Å². The number of hydrogen-bond donors (Lipinski definition) is 0. The van der Waals surface area contributed by atoms with Crippen molar-refractivity contribution in [2.75, 3.05) is 13.7 Å². The van der Waals surface area contributed by atoms with Crippen LogP contribution in [0.25, 0.3) is 11.1 Å². The van der Waals surface area contributed by atoms with Crippen molar-refractivity contribution in [3.63, 3.8) is 0 Å². The molecule has 2 rings (SSSR count). The van der Waals surface area contributed by atoms with Gasteiger partial charge in [0.15, 0.2) is 0 Å². The van der Waals surface area contributed by atoms with Crippen molar-refractivity contribution in [2.24, 2.45) is 0 Å². The fourth-order valence-corrected chi connectivity index (χ4v) is 1.79. The molecule has 0 radical (unpaired) electrons. The second-order valence-electron chi connectivity index (χ2n) is 4.18. The summed E-state index contributed by atoms with van der Waals surface area (Å²) >= 11 is 0. The lowest BCUT2D eigenvalue weighted by Crippen LogP contribution is -1.94. The first-order chi connectivity index (χ1) is 9.33. The minimum atomic E-state index is 0.672. The Morgan fingerprint density at radius 3 is 1.89 bits per heavy atom. The summed E-state index contributed by atoms with van der Waals surface area (Å²) in [4.78, 5) is 0. The summed E-state index contributed by atoms with van der Waals surface area (Å²) in [5, 5.41) is 0. The molecular weight excluding hydrogens is 236 g/mol. The molecule has 0 saturated heterocycles. The van der Waals surface area contributed by atoms with E-state index in [1.807, 2.05) is 42.5 Å². The van der Waals surface area contributed by atoms with Crippen molar-refractivity contribution >= 4 is 0 Å². The second-order valence-corrected chi connectivity index (χ2v) is 4.18. The van der Waals surface area contributed by atoms with E-state index in [4.69, 9.17) is 9.47 Å². The van der Waals surface area contributed by atoms with Gasteiger partial charge in [0.25, 0.3) is 0 Å². The Kier molecular flexibility index (Phi) is 4.62. The smallest absolute Gasteiger partial charge is 0.119 e. The molecular formula is C17H18O2. The molecule has 0 saturated carbocycles. The largest absolute Gasteiger partial charge is 0.497 e. The Bertz CT molecular complexity index is 512. The highest BCUT2D eigenvalue weighted by molar-refractivity contribution is 5.64. The first-order valence-corrected chi connectivity index (χ1v) is 6.31. The lowest BCUT2D eigenvalue weighted by molar-refractivity contribution is 0.325. The molecule has 2 aromatic rings. The Morgan fingerprint density at radius 2 is 1.42 bits per heavy atom. The van der Waals surface area contributed by atoms with E-state index in [9.17, 15) is 0 Å². The molecule has 0 aromatic heterocycles. The van der Waals surface area contributed by atoms with E-state index in [-0.39, 0.29) is 0 Å². The van der Waals surface area contributed by atoms with Gasteiger partial charge in [0, 0.05) is 0 Å². The predicted octanol–water partition coefficient (Wildman–Crippen LogP) is 4.32. The quantitative estimate of drug-likeness (QED) is 0.564. The predicted molar refractivity (Wildman–Crippen MR) is 78.7 cm³/mol. The molecule has 2 nitrogen and oxygen atoms in total. The zero-order chi connectivity index (χ0) is 13.5. The van der Waals surface area contributed by atoms with Crippen LogP contribution in [0.1, 0.15) is 6.42 Å². The van der Waals surface area contributed by atoms with Crippen LogP contribution in [0.5, 0.6) is 11.5 Å². The third-order valence-electron chi connectivity index (χ3n) is 2.87. The van der Waals surface area contributed by atoms with E-state index < -0.39 is 0 Å². The minimum absolute atomic E-state index is 0.672. The van der Waals surface area contributed by atoms with E-state index in [0.29, 0.717) is 6.61 Å².